The fraction of sp³-hybridized carbons (Fsp3) is 0.235. The largest absolute Gasteiger partial charge is 0.496 e. The second-order valence-corrected chi connectivity index (χ2v) is 7.94. The predicted molar refractivity (Wildman–Crippen MR) is 101 cm³/mol. The number of hydrogen-bond acceptors (Lipinski definition) is 5. The van der Waals surface area contributed by atoms with Crippen molar-refractivity contribution in [2.24, 2.45) is 0 Å². The van der Waals surface area contributed by atoms with Gasteiger partial charge in [0.15, 0.2) is 0 Å². The van der Waals surface area contributed by atoms with E-state index in [-0.39, 0.29) is 20.6 Å². The summed E-state index contributed by atoms with van der Waals surface area (Å²) in [5.74, 6) is -0.195. The minimum absolute atomic E-state index is 0.0178. The van der Waals surface area contributed by atoms with Gasteiger partial charge in [-0.1, -0.05) is 29.3 Å². The van der Waals surface area contributed by atoms with Gasteiger partial charge in [-0.3, -0.25) is 9.10 Å². The highest BCUT2D eigenvalue weighted by molar-refractivity contribution is 7.92. The van der Waals surface area contributed by atoms with Crippen LogP contribution in [0.2, 0.25) is 10.0 Å². The summed E-state index contributed by atoms with van der Waals surface area (Å²) in [5, 5.41) is 0.187. The molecule has 0 spiro atoms. The first-order valence-corrected chi connectivity index (χ1v) is 9.60. The Morgan fingerprint density at radius 3 is 2.42 bits per heavy atom. The van der Waals surface area contributed by atoms with Crippen LogP contribution in [-0.2, 0) is 19.6 Å². The van der Waals surface area contributed by atoms with Gasteiger partial charge in [-0.25, -0.2) is 8.42 Å². The number of anilines is 1. The van der Waals surface area contributed by atoms with Crippen molar-refractivity contribution < 1.29 is 22.7 Å². The molecule has 0 aliphatic rings. The number of halogens is 2. The highest BCUT2D eigenvalue weighted by Gasteiger charge is 2.30. The van der Waals surface area contributed by atoms with E-state index in [0.29, 0.717) is 11.3 Å². The van der Waals surface area contributed by atoms with Crippen LogP contribution in [0.15, 0.2) is 41.3 Å². The molecule has 0 aliphatic carbocycles. The average molecular weight is 418 g/mol. The van der Waals surface area contributed by atoms with Gasteiger partial charge in [-0.15, -0.1) is 0 Å². The molecule has 9 heteroatoms. The lowest BCUT2D eigenvalue weighted by Crippen LogP contribution is -2.36. The van der Waals surface area contributed by atoms with Crippen LogP contribution in [0.5, 0.6) is 5.75 Å². The van der Waals surface area contributed by atoms with Gasteiger partial charge in [0, 0.05) is 0 Å². The van der Waals surface area contributed by atoms with Crippen molar-refractivity contribution in [1.29, 1.82) is 0 Å². The normalized spacial score (nSPS) is 11.1. The van der Waals surface area contributed by atoms with E-state index in [1.165, 1.54) is 44.6 Å². The Morgan fingerprint density at radius 2 is 1.85 bits per heavy atom. The molecule has 0 radical (unpaired) electrons. The van der Waals surface area contributed by atoms with Crippen LogP contribution in [-0.4, -0.2) is 35.2 Å². The Labute approximate surface area is 162 Å². The van der Waals surface area contributed by atoms with Gasteiger partial charge in [0.2, 0.25) is 0 Å². The van der Waals surface area contributed by atoms with E-state index >= 15 is 0 Å². The summed E-state index contributed by atoms with van der Waals surface area (Å²) in [5.41, 5.74) is 0.710. The molecule has 0 aliphatic heterocycles. The van der Waals surface area contributed by atoms with Crippen LogP contribution in [0.4, 0.5) is 5.69 Å². The molecule has 0 atom stereocenters. The molecular weight excluding hydrogens is 401 g/mol. The minimum atomic E-state index is -4.11. The Hall–Kier alpha value is -1.96. The first kappa shape index (κ1) is 20.4. The molecule has 140 valence electrons. The van der Waals surface area contributed by atoms with Crippen molar-refractivity contribution in [3.05, 3.63) is 52.0 Å². The summed E-state index contributed by atoms with van der Waals surface area (Å²) in [7, 11) is -1.45. The molecule has 0 bridgehead atoms. The van der Waals surface area contributed by atoms with Crippen molar-refractivity contribution in [2.45, 2.75) is 11.8 Å². The van der Waals surface area contributed by atoms with Crippen LogP contribution in [0, 0.1) is 6.92 Å². The van der Waals surface area contributed by atoms with Gasteiger partial charge in [0.05, 0.1) is 34.8 Å². The Morgan fingerprint density at radius 1 is 1.15 bits per heavy atom. The van der Waals surface area contributed by atoms with Crippen LogP contribution in [0.1, 0.15) is 5.56 Å². The highest BCUT2D eigenvalue weighted by Crippen LogP contribution is 2.36. The van der Waals surface area contributed by atoms with E-state index in [2.05, 4.69) is 4.74 Å². The summed E-state index contributed by atoms with van der Waals surface area (Å²) in [4.78, 5) is 11.8. The van der Waals surface area contributed by atoms with Gasteiger partial charge in [0.1, 0.15) is 12.3 Å². The summed E-state index contributed by atoms with van der Waals surface area (Å²) in [6.07, 6.45) is 0. The number of methoxy groups -OCH3 is 2. The van der Waals surface area contributed by atoms with Crippen LogP contribution >= 0.6 is 23.2 Å². The molecule has 26 heavy (non-hydrogen) atoms. The summed E-state index contributed by atoms with van der Waals surface area (Å²) in [6, 6.07) is 8.92. The molecule has 2 aromatic carbocycles. The molecule has 0 N–H and O–H groups in total. The lowest BCUT2D eigenvalue weighted by atomic mass is 10.2. The number of aryl methyl sites for hydroxylation is 1. The number of carbonyl (C=O) groups is 1. The van der Waals surface area contributed by atoms with Gasteiger partial charge in [-0.05, 0) is 42.8 Å². The second-order valence-electron chi connectivity index (χ2n) is 5.29. The molecule has 0 heterocycles. The number of nitrogens with zero attached hydrogens (tertiary/aromatic N) is 1. The third kappa shape index (κ3) is 4.06. The number of benzene rings is 2. The molecule has 0 aromatic heterocycles. The number of hydrogen-bond donors (Lipinski definition) is 0. The molecular formula is C17H17Cl2NO5S. The molecule has 0 saturated carbocycles. The standard InChI is InChI=1S/C17H17Cl2NO5S/c1-11-9-12(7-8-15(11)24-2)26(22,23)20(10-16(21)25-3)14-6-4-5-13(18)17(14)19/h4-9H,10H2,1-3H3. The quantitative estimate of drug-likeness (QED) is 0.670. The maximum Gasteiger partial charge on any atom is 0.326 e. The lowest BCUT2D eigenvalue weighted by molar-refractivity contribution is -0.138. The lowest BCUT2D eigenvalue weighted by Gasteiger charge is -2.25. The maximum atomic E-state index is 13.2. The number of sulfonamides is 1. The second kappa shape index (κ2) is 8.16. The van der Waals surface area contributed by atoms with E-state index < -0.39 is 22.5 Å². The Kier molecular flexibility index (Phi) is 6.39. The van der Waals surface area contributed by atoms with Crippen molar-refractivity contribution in [1.82, 2.24) is 0 Å². The fourth-order valence-electron chi connectivity index (χ4n) is 2.31. The van der Waals surface area contributed by atoms with Gasteiger partial charge in [0.25, 0.3) is 10.0 Å². The SMILES string of the molecule is COC(=O)CN(c1cccc(Cl)c1Cl)S(=O)(=O)c1ccc(OC)c(C)c1. The molecule has 0 amide bonds. The number of rotatable bonds is 6. The molecule has 0 fully saturated rings. The first-order valence-electron chi connectivity index (χ1n) is 7.40. The molecule has 2 rings (SSSR count). The zero-order valence-corrected chi connectivity index (χ0v) is 16.7. The van der Waals surface area contributed by atoms with Crippen LogP contribution in [0.25, 0.3) is 0 Å². The first-order chi connectivity index (χ1) is 12.2. The molecule has 6 nitrogen and oxygen atoms in total. The Bertz CT molecular complexity index is 931. The number of carbonyl (C=O) groups excluding carboxylic acids is 1. The Balaban J connectivity index is 2.62. The van der Waals surface area contributed by atoms with E-state index in [1.54, 1.807) is 13.0 Å². The topological polar surface area (TPSA) is 72.9 Å². The summed E-state index contributed by atoms with van der Waals surface area (Å²) in [6.45, 7) is 1.17. The highest BCUT2D eigenvalue weighted by atomic mass is 35.5. The monoisotopic (exact) mass is 417 g/mol. The van der Waals surface area contributed by atoms with E-state index in [1.807, 2.05) is 0 Å². The van der Waals surface area contributed by atoms with Crippen molar-refractivity contribution >= 4 is 44.9 Å². The molecule has 0 unspecified atom stereocenters. The van der Waals surface area contributed by atoms with Crippen LogP contribution in [0.3, 0.4) is 0 Å². The minimum Gasteiger partial charge on any atom is -0.496 e. The third-order valence-electron chi connectivity index (χ3n) is 3.65. The number of ether oxygens (including phenoxy) is 2. The van der Waals surface area contributed by atoms with Crippen LogP contribution < -0.4 is 9.04 Å². The average Bonchev–Trinajstić information content (AvgIpc) is 2.61. The third-order valence-corrected chi connectivity index (χ3v) is 6.22. The smallest absolute Gasteiger partial charge is 0.326 e. The number of esters is 1. The van der Waals surface area contributed by atoms with E-state index in [4.69, 9.17) is 27.9 Å². The predicted octanol–water partition coefficient (Wildman–Crippen LogP) is 3.68. The van der Waals surface area contributed by atoms with Gasteiger partial charge < -0.3 is 9.47 Å². The van der Waals surface area contributed by atoms with E-state index in [0.717, 1.165) is 4.31 Å². The van der Waals surface area contributed by atoms with Crippen molar-refractivity contribution in [2.75, 3.05) is 25.1 Å². The zero-order valence-electron chi connectivity index (χ0n) is 14.3. The van der Waals surface area contributed by atoms with Gasteiger partial charge in [-0.2, -0.15) is 0 Å². The van der Waals surface area contributed by atoms with E-state index in [9.17, 15) is 13.2 Å². The zero-order chi connectivity index (χ0) is 19.5. The van der Waals surface area contributed by atoms with Crippen molar-refractivity contribution in [3.63, 3.8) is 0 Å². The molecule has 0 saturated heterocycles. The van der Waals surface area contributed by atoms with Gasteiger partial charge >= 0.3 is 5.97 Å². The molecule has 2 aromatic rings. The summed E-state index contributed by atoms with van der Waals surface area (Å²) < 4.78 is 37.0. The summed E-state index contributed by atoms with van der Waals surface area (Å²) >= 11 is 12.2. The maximum absolute atomic E-state index is 13.2. The fourth-order valence-corrected chi connectivity index (χ4v) is 4.26. The van der Waals surface area contributed by atoms with Crippen molar-refractivity contribution in [3.8, 4) is 5.75 Å².